The lowest BCUT2D eigenvalue weighted by Gasteiger charge is -2.31. The third-order valence-corrected chi connectivity index (χ3v) is 5.97. The van der Waals surface area contributed by atoms with Crippen LogP contribution in [-0.4, -0.2) is 41.2 Å². The number of anilines is 2. The summed E-state index contributed by atoms with van der Waals surface area (Å²) in [5, 5.41) is 17.0. The lowest BCUT2D eigenvalue weighted by Crippen LogP contribution is -2.37. The Morgan fingerprint density at radius 2 is 1.72 bits per heavy atom. The minimum atomic E-state index is 0.228. The van der Waals surface area contributed by atoms with E-state index in [2.05, 4.69) is 44.4 Å². The first-order valence-corrected chi connectivity index (χ1v) is 10.4. The highest BCUT2D eigenvalue weighted by molar-refractivity contribution is 5.71. The van der Waals surface area contributed by atoms with Crippen LogP contribution in [0.3, 0.4) is 0 Å². The number of nitrogens with zero attached hydrogens (tertiary/aromatic N) is 4. The number of benzene rings is 1. The molecule has 0 unspecified atom stereocenters. The van der Waals surface area contributed by atoms with E-state index in [1.54, 1.807) is 6.08 Å². The van der Waals surface area contributed by atoms with E-state index in [1.807, 2.05) is 23.5 Å². The van der Waals surface area contributed by atoms with Crippen molar-refractivity contribution in [2.24, 2.45) is 0 Å². The zero-order valence-corrected chi connectivity index (χ0v) is 16.5. The van der Waals surface area contributed by atoms with Crippen molar-refractivity contribution in [3.63, 3.8) is 0 Å². The third-order valence-electron chi connectivity index (χ3n) is 5.97. The molecule has 0 spiro atoms. The second kappa shape index (κ2) is 7.83. The molecule has 2 fully saturated rings. The Morgan fingerprint density at radius 3 is 2.48 bits per heavy atom. The smallest absolute Gasteiger partial charge is 0.144 e. The standard InChI is InChI=1S/C22H27N5O2/c28-21-10-12-26(18-7-5-17(6-8-18)25-13-15-29-16-14-25)24-22(21)20-9-11-23-27(20)19-3-1-2-4-19/h5-12,19,24,28H,1-4,13-16H2. The molecule has 1 saturated carbocycles. The molecule has 3 aliphatic rings. The number of nitrogens with one attached hydrogen (secondary N) is 1. The van der Waals surface area contributed by atoms with Gasteiger partial charge in [0.05, 0.1) is 30.6 Å². The van der Waals surface area contributed by atoms with Crippen LogP contribution in [0.5, 0.6) is 0 Å². The zero-order chi connectivity index (χ0) is 19.6. The maximum Gasteiger partial charge on any atom is 0.144 e. The van der Waals surface area contributed by atoms with Crippen molar-refractivity contribution >= 4 is 17.1 Å². The highest BCUT2D eigenvalue weighted by Gasteiger charge is 2.24. The number of hydrazine groups is 1. The molecule has 5 rings (SSSR count). The topological polar surface area (TPSA) is 65.8 Å². The molecule has 152 valence electrons. The Labute approximate surface area is 170 Å². The molecule has 0 bridgehead atoms. The summed E-state index contributed by atoms with van der Waals surface area (Å²) in [5.41, 5.74) is 7.19. The molecule has 0 radical (unpaired) electrons. The van der Waals surface area contributed by atoms with Gasteiger partial charge >= 0.3 is 0 Å². The fourth-order valence-corrected chi connectivity index (χ4v) is 4.38. The van der Waals surface area contributed by atoms with Crippen molar-refractivity contribution < 1.29 is 9.84 Å². The van der Waals surface area contributed by atoms with E-state index >= 15 is 0 Å². The van der Waals surface area contributed by atoms with Gasteiger partial charge in [0.15, 0.2) is 0 Å². The summed E-state index contributed by atoms with van der Waals surface area (Å²) in [6.07, 6.45) is 10.2. The second-order valence-corrected chi connectivity index (χ2v) is 7.77. The van der Waals surface area contributed by atoms with Crippen LogP contribution >= 0.6 is 0 Å². The number of aliphatic hydroxyl groups is 1. The third kappa shape index (κ3) is 3.58. The predicted octanol–water partition coefficient (Wildman–Crippen LogP) is 3.60. The average molecular weight is 393 g/mol. The van der Waals surface area contributed by atoms with Gasteiger partial charge in [-0.05, 0) is 43.2 Å². The Hall–Kier alpha value is -2.93. The summed E-state index contributed by atoms with van der Waals surface area (Å²) >= 11 is 0. The van der Waals surface area contributed by atoms with Gasteiger partial charge in [-0.15, -0.1) is 0 Å². The molecule has 0 amide bonds. The van der Waals surface area contributed by atoms with Crippen LogP contribution in [0.1, 0.15) is 37.4 Å². The summed E-state index contributed by atoms with van der Waals surface area (Å²) in [6.45, 7) is 3.40. The fraction of sp³-hybridized carbons (Fsp3) is 0.409. The van der Waals surface area contributed by atoms with Gasteiger partial charge in [0.1, 0.15) is 11.5 Å². The predicted molar refractivity (Wildman–Crippen MR) is 114 cm³/mol. The molecule has 1 aromatic heterocycles. The first kappa shape index (κ1) is 18.1. The van der Waals surface area contributed by atoms with E-state index in [4.69, 9.17) is 4.74 Å². The molecular formula is C22H27N5O2. The zero-order valence-electron chi connectivity index (χ0n) is 16.5. The van der Waals surface area contributed by atoms with Crippen LogP contribution < -0.4 is 15.3 Å². The van der Waals surface area contributed by atoms with Gasteiger partial charge in [0.25, 0.3) is 0 Å². The number of allylic oxidation sites excluding steroid dienone is 1. The molecule has 7 heteroatoms. The number of ether oxygens (including phenoxy) is 1. The van der Waals surface area contributed by atoms with Crippen molar-refractivity contribution in [1.29, 1.82) is 0 Å². The Morgan fingerprint density at radius 1 is 1.00 bits per heavy atom. The van der Waals surface area contributed by atoms with E-state index in [0.717, 1.165) is 50.5 Å². The number of hydrogen-bond acceptors (Lipinski definition) is 6. The molecule has 2 aromatic rings. The molecule has 1 aliphatic carbocycles. The van der Waals surface area contributed by atoms with Crippen LogP contribution in [0, 0.1) is 0 Å². The minimum absolute atomic E-state index is 0.228. The molecule has 2 aliphatic heterocycles. The van der Waals surface area contributed by atoms with Crippen LogP contribution in [0.15, 0.2) is 54.6 Å². The van der Waals surface area contributed by atoms with Crippen molar-refractivity contribution in [3.05, 3.63) is 60.3 Å². The number of morpholine rings is 1. The highest BCUT2D eigenvalue weighted by Crippen LogP contribution is 2.33. The van der Waals surface area contributed by atoms with Gasteiger partial charge in [-0.3, -0.25) is 15.1 Å². The van der Waals surface area contributed by atoms with E-state index in [1.165, 1.54) is 18.5 Å². The summed E-state index contributed by atoms with van der Waals surface area (Å²) in [4.78, 5) is 2.34. The van der Waals surface area contributed by atoms with Gasteiger partial charge in [-0.25, -0.2) is 0 Å². The van der Waals surface area contributed by atoms with Crippen LogP contribution in [0.2, 0.25) is 0 Å². The quantitative estimate of drug-likeness (QED) is 0.827. The number of aliphatic hydroxyl groups excluding tert-OH is 1. The second-order valence-electron chi connectivity index (χ2n) is 7.77. The van der Waals surface area contributed by atoms with E-state index in [0.29, 0.717) is 11.7 Å². The maximum absolute atomic E-state index is 10.5. The maximum atomic E-state index is 10.5. The average Bonchev–Trinajstić information content (AvgIpc) is 3.47. The van der Waals surface area contributed by atoms with Crippen LogP contribution in [0.4, 0.5) is 11.4 Å². The normalized spacial score (nSPS) is 20.4. The van der Waals surface area contributed by atoms with Crippen molar-refractivity contribution in [3.8, 4) is 0 Å². The molecule has 1 aromatic carbocycles. The van der Waals surface area contributed by atoms with Gasteiger partial charge in [-0.2, -0.15) is 5.10 Å². The van der Waals surface area contributed by atoms with Gasteiger partial charge in [0, 0.05) is 37.2 Å². The van der Waals surface area contributed by atoms with Gasteiger partial charge in [-0.1, -0.05) is 12.8 Å². The number of hydrogen-bond donors (Lipinski definition) is 2. The Bertz CT molecular complexity index is 906. The first-order valence-electron chi connectivity index (χ1n) is 10.4. The molecule has 1 saturated heterocycles. The molecule has 7 nitrogen and oxygen atoms in total. The largest absolute Gasteiger partial charge is 0.506 e. The molecule has 0 atom stereocenters. The van der Waals surface area contributed by atoms with Crippen molar-refractivity contribution in [1.82, 2.24) is 15.2 Å². The lowest BCUT2D eigenvalue weighted by molar-refractivity contribution is 0.122. The summed E-state index contributed by atoms with van der Waals surface area (Å²) < 4.78 is 7.50. The van der Waals surface area contributed by atoms with E-state index in [9.17, 15) is 5.11 Å². The molecule has 29 heavy (non-hydrogen) atoms. The Balaban J connectivity index is 1.35. The summed E-state index contributed by atoms with van der Waals surface area (Å²) in [6, 6.07) is 10.8. The van der Waals surface area contributed by atoms with E-state index in [-0.39, 0.29) is 5.76 Å². The molecule has 2 N–H and O–H groups in total. The number of rotatable bonds is 4. The van der Waals surface area contributed by atoms with E-state index < -0.39 is 0 Å². The molecule has 3 heterocycles. The van der Waals surface area contributed by atoms with Crippen LogP contribution in [0.25, 0.3) is 5.70 Å². The summed E-state index contributed by atoms with van der Waals surface area (Å²) in [5.74, 6) is 0.228. The SMILES string of the molecule is OC1=C(c2ccnn2C2CCCC2)NN(c2ccc(N3CCOCC3)cc2)C=C1. The monoisotopic (exact) mass is 393 g/mol. The highest BCUT2D eigenvalue weighted by atomic mass is 16.5. The fourth-order valence-electron chi connectivity index (χ4n) is 4.38. The summed E-state index contributed by atoms with van der Waals surface area (Å²) in [7, 11) is 0. The lowest BCUT2D eigenvalue weighted by atomic mass is 10.2. The van der Waals surface area contributed by atoms with Gasteiger partial charge < -0.3 is 14.7 Å². The first-order chi connectivity index (χ1) is 14.3. The minimum Gasteiger partial charge on any atom is -0.506 e. The molecular weight excluding hydrogens is 366 g/mol. The van der Waals surface area contributed by atoms with Crippen molar-refractivity contribution in [2.45, 2.75) is 31.7 Å². The van der Waals surface area contributed by atoms with Gasteiger partial charge in [0.2, 0.25) is 0 Å². The van der Waals surface area contributed by atoms with Crippen LogP contribution in [-0.2, 0) is 4.74 Å². The number of aromatic nitrogens is 2. The van der Waals surface area contributed by atoms with Crippen molar-refractivity contribution in [2.75, 3.05) is 36.2 Å². The Kier molecular flexibility index (Phi) is 4.89.